The van der Waals surface area contributed by atoms with Crippen LogP contribution in [0.1, 0.15) is 11.1 Å². The van der Waals surface area contributed by atoms with Crippen LogP contribution in [0.15, 0.2) is 58.1 Å². The molecular formula is C17H17BrN2O2S. The number of nitrogens with zero attached hydrogens (tertiary/aromatic N) is 1. The van der Waals surface area contributed by atoms with E-state index in [4.69, 9.17) is 4.74 Å². The molecular weight excluding hydrogens is 376 g/mol. The molecule has 0 radical (unpaired) electrons. The lowest BCUT2D eigenvalue weighted by atomic mass is 10.2. The van der Waals surface area contributed by atoms with Gasteiger partial charge in [-0.2, -0.15) is 5.10 Å². The highest BCUT2D eigenvalue weighted by Crippen LogP contribution is 2.15. The maximum absolute atomic E-state index is 11.7. The molecule has 0 unspecified atom stereocenters. The van der Waals surface area contributed by atoms with Crippen molar-refractivity contribution in [2.45, 2.75) is 5.75 Å². The first-order valence-electron chi connectivity index (χ1n) is 6.95. The molecule has 120 valence electrons. The van der Waals surface area contributed by atoms with Crippen LogP contribution in [0.4, 0.5) is 0 Å². The van der Waals surface area contributed by atoms with Gasteiger partial charge in [-0.3, -0.25) is 4.79 Å². The average molecular weight is 393 g/mol. The monoisotopic (exact) mass is 392 g/mol. The van der Waals surface area contributed by atoms with Crippen molar-refractivity contribution in [1.82, 2.24) is 5.43 Å². The van der Waals surface area contributed by atoms with Crippen LogP contribution in [-0.4, -0.2) is 25.0 Å². The Labute approximate surface area is 148 Å². The van der Waals surface area contributed by atoms with Crippen molar-refractivity contribution in [1.29, 1.82) is 0 Å². The second kappa shape index (κ2) is 9.37. The van der Waals surface area contributed by atoms with E-state index in [1.807, 2.05) is 48.5 Å². The van der Waals surface area contributed by atoms with Crippen LogP contribution in [0.25, 0.3) is 0 Å². The van der Waals surface area contributed by atoms with E-state index in [9.17, 15) is 4.79 Å². The van der Waals surface area contributed by atoms with Crippen molar-refractivity contribution in [3.63, 3.8) is 0 Å². The lowest BCUT2D eigenvalue weighted by molar-refractivity contribution is -0.118. The Kier molecular flexibility index (Phi) is 7.16. The topological polar surface area (TPSA) is 50.7 Å². The van der Waals surface area contributed by atoms with E-state index in [-0.39, 0.29) is 5.91 Å². The summed E-state index contributed by atoms with van der Waals surface area (Å²) >= 11 is 4.95. The van der Waals surface area contributed by atoms with Gasteiger partial charge in [0.1, 0.15) is 5.75 Å². The molecule has 4 nitrogen and oxygen atoms in total. The first kappa shape index (κ1) is 17.6. The summed E-state index contributed by atoms with van der Waals surface area (Å²) in [7, 11) is 1.62. The fourth-order valence-corrected chi connectivity index (χ4v) is 2.79. The van der Waals surface area contributed by atoms with Gasteiger partial charge in [-0.15, -0.1) is 11.8 Å². The van der Waals surface area contributed by atoms with Crippen molar-refractivity contribution in [3.05, 3.63) is 64.1 Å². The number of rotatable bonds is 7. The molecule has 0 aromatic heterocycles. The SMILES string of the molecule is COc1ccc(/C=N/NC(=O)CSCc2ccc(Br)cc2)cc1. The first-order valence-corrected chi connectivity index (χ1v) is 8.90. The quantitative estimate of drug-likeness (QED) is 0.575. The van der Waals surface area contributed by atoms with Crippen molar-refractivity contribution in [2.24, 2.45) is 5.10 Å². The largest absolute Gasteiger partial charge is 0.497 e. The van der Waals surface area contributed by atoms with E-state index >= 15 is 0 Å². The molecule has 1 N–H and O–H groups in total. The third-order valence-electron chi connectivity index (χ3n) is 2.93. The van der Waals surface area contributed by atoms with Gasteiger partial charge in [-0.1, -0.05) is 28.1 Å². The molecule has 0 aliphatic rings. The number of carbonyl (C=O) groups is 1. The van der Waals surface area contributed by atoms with Crippen LogP contribution < -0.4 is 10.2 Å². The molecule has 1 amide bonds. The van der Waals surface area contributed by atoms with Gasteiger partial charge in [0, 0.05) is 10.2 Å². The van der Waals surface area contributed by atoms with E-state index in [1.165, 1.54) is 5.56 Å². The van der Waals surface area contributed by atoms with Gasteiger partial charge in [-0.05, 0) is 47.5 Å². The molecule has 2 aromatic carbocycles. The molecule has 0 atom stereocenters. The maximum atomic E-state index is 11.7. The third-order valence-corrected chi connectivity index (χ3v) is 4.47. The summed E-state index contributed by atoms with van der Waals surface area (Å²) in [5.41, 5.74) is 4.61. The van der Waals surface area contributed by atoms with Crippen LogP contribution in [0.2, 0.25) is 0 Å². The molecule has 0 saturated heterocycles. The molecule has 23 heavy (non-hydrogen) atoms. The molecule has 0 aliphatic carbocycles. The summed E-state index contributed by atoms with van der Waals surface area (Å²) in [5, 5.41) is 3.95. The van der Waals surface area contributed by atoms with Crippen LogP contribution in [0.5, 0.6) is 5.75 Å². The molecule has 0 aliphatic heterocycles. The van der Waals surface area contributed by atoms with Gasteiger partial charge in [0.2, 0.25) is 5.91 Å². The highest BCUT2D eigenvalue weighted by molar-refractivity contribution is 9.10. The van der Waals surface area contributed by atoms with Crippen LogP contribution >= 0.6 is 27.7 Å². The summed E-state index contributed by atoms with van der Waals surface area (Å²) in [6.07, 6.45) is 1.61. The number of carbonyl (C=O) groups excluding carboxylic acids is 1. The molecule has 0 heterocycles. The number of ether oxygens (including phenoxy) is 1. The summed E-state index contributed by atoms with van der Waals surface area (Å²) in [6.45, 7) is 0. The number of hydrogen-bond acceptors (Lipinski definition) is 4. The minimum absolute atomic E-state index is 0.114. The molecule has 6 heteroatoms. The van der Waals surface area contributed by atoms with Gasteiger partial charge < -0.3 is 4.74 Å². The minimum Gasteiger partial charge on any atom is -0.497 e. The normalized spacial score (nSPS) is 10.7. The molecule has 0 bridgehead atoms. The Morgan fingerprint density at radius 2 is 1.91 bits per heavy atom. The summed E-state index contributed by atoms with van der Waals surface area (Å²) in [6, 6.07) is 15.5. The van der Waals surface area contributed by atoms with Crippen molar-refractivity contribution in [2.75, 3.05) is 12.9 Å². The second-order valence-corrected chi connectivity index (χ2v) is 6.59. The van der Waals surface area contributed by atoms with E-state index in [2.05, 4.69) is 26.5 Å². The zero-order valence-corrected chi connectivity index (χ0v) is 15.1. The average Bonchev–Trinajstić information content (AvgIpc) is 2.57. The van der Waals surface area contributed by atoms with E-state index in [0.717, 1.165) is 21.5 Å². The Morgan fingerprint density at radius 3 is 2.57 bits per heavy atom. The van der Waals surface area contributed by atoms with E-state index < -0.39 is 0 Å². The summed E-state index contributed by atoms with van der Waals surface area (Å²) < 4.78 is 6.13. The number of halogens is 1. The molecule has 0 fully saturated rings. The standard InChI is InChI=1S/C17H17BrN2O2S/c1-22-16-8-4-13(5-9-16)10-19-20-17(21)12-23-11-14-2-6-15(18)7-3-14/h2-10H,11-12H2,1H3,(H,20,21)/b19-10+. The first-order chi connectivity index (χ1) is 11.2. The predicted molar refractivity (Wildman–Crippen MR) is 99.0 cm³/mol. The lowest BCUT2D eigenvalue weighted by Crippen LogP contribution is -2.19. The third kappa shape index (κ3) is 6.46. The Morgan fingerprint density at radius 1 is 1.22 bits per heavy atom. The molecule has 2 aromatic rings. The number of nitrogens with one attached hydrogen (secondary N) is 1. The number of hydrazone groups is 1. The smallest absolute Gasteiger partial charge is 0.250 e. The highest BCUT2D eigenvalue weighted by atomic mass is 79.9. The van der Waals surface area contributed by atoms with Crippen LogP contribution in [0.3, 0.4) is 0 Å². The zero-order valence-electron chi connectivity index (χ0n) is 12.7. The fraction of sp³-hybridized carbons (Fsp3) is 0.176. The lowest BCUT2D eigenvalue weighted by Gasteiger charge is -2.02. The summed E-state index contributed by atoms with van der Waals surface area (Å²) in [4.78, 5) is 11.7. The van der Waals surface area contributed by atoms with Crippen molar-refractivity contribution >= 4 is 39.8 Å². The fourth-order valence-electron chi connectivity index (χ4n) is 1.74. The van der Waals surface area contributed by atoms with Crippen molar-refractivity contribution < 1.29 is 9.53 Å². The highest BCUT2D eigenvalue weighted by Gasteiger charge is 2.00. The number of methoxy groups -OCH3 is 1. The molecule has 0 spiro atoms. The Balaban J connectivity index is 1.69. The molecule has 2 rings (SSSR count). The van der Waals surface area contributed by atoms with E-state index in [1.54, 1.807) is 25.1 Å². The second-order valence-electron chi connectivity index (χ2n) is 4.69. The number of amides is 1. The van der Waals surface area contributed by atoms with Crippen LogP contribution in [-0.2, 0) is 10.5 Å². The Bertz CT molecular complexity index is 657. The van der Waals surface area contributed by atoms with Gasteiger partial charge in [0.05, 0.1) is 19.1 Å². The maximum Gasteiger partial charge on any atom is 0.250 e. The van der Waals surface area contributed by atoms with Gasteiger partial charge in [0.25, 0.3) is 0 Å². The van der Waals surface area contributed by atoms with E-state index in [0.29, 0.717) is 5.75 Å². The number of hydrogen-bond donors (Lipinski definition) is 1. The van der Waals surface area contributed by atoms with Gasteiger partial charge >= 0.3 is 0 Å². The minimum atomic E-state index is -0.114. The zero-order chi connectivity index (χ0) is 16.5. The van der Waals surface area contributed by atoms with Gasteiger partial charge in [-0.25, -0.2) is 5.43 Å². The number of thioether (sulfide) groups is 1. The van der Waals surface area contributed by atoms with Crippen molar-refractivity contribution in [3.8, 4) is 5.75 Å². The Hall–Kier alpha value is -1.79. The predicted octanol–water partition coefficient (Wildman–Crippen LogP) is 3.84. The molecule has 0 saturated carbocycles. The number of benzene rings is 2. The summed E-state index contributed by atoms with van der Waals surface area (Å²) in [5.74, 6) is 1.84. The van der Waals surface area contributed by atoms with Crippen LogP contribution in [0, 0.1) is 0 Å². The van der Waals surface area contributed by atoms with Gasteiger partial charge in [0.15, 0.2) is 0 Å².